The summed E-state index contributed by atoms with van der Waals surface area (Å²) in [5.41, 5.74) is 0.799. The van der Waals surface area contributed by atoms with Gasteiger partial charge in [0.2, 0.25) is 0 Å². The van der Waals surface area contributed by atoms with E-state index in [0.717, 1.165) is 68.3 Å². The van der Waals surface area contributed by atoms with Crippen LogP contribution in [0.3, 0.4) is 0 Å². The van der Waals surface area contributed by atoms with Crippen molar-refractivity contribution in [2.45, 2.75) is 63.9 Å². The van der Waals surface area contributed by atoms with E-state index in [0.29, 0.717) is 12.0 Å². The Balaban J connectivity index is 1.26. The third kappa shape index (κ3) is 4.46. The van der Waals surface area contributed by atoms with Gasteiger partial charge in [0.15, 0.2) is 5.82 Å². The predicted molar refractivity (Wildman–Crippen MR) is 108 cm³/mol. The van der Waals surface area contributed by atoms with Crippen LogP contribution in [0.5, 0.6) is 5.75 Å². The van der Waals surface area contributed by atoms with Crippen LogP contribution in [0.1, 0.15) is 63.0 Å². The van der Waals surface area contributed by atoms with Crippen LogP contribution in [0.25, 0.3) is 0 Å². The number of amides is 2. The number of nitrogens with one attached hydrogen (secondary N) is 2. The number of nitrogens with zero attached hydrogens (tertiary/aromatic N) is 3. The summed E-state index contributed by atoms with van der Waals surface area (Å²) in [6.07, 6.45) is 7.78. The molecule has 1 aromatic heterocycles. The lowest BCUT2D eigenvalue weighted by atomic mass is 9.96. The average molecular weight is 383 g/mol. The second-order valence-electron chi connectivity index (χ2n) is 7.73. The molecule has 1 aliphatic carbocycles. The fourth-order valence-corrected chi connectivity index (χ4v) is 4.01. The molecular weight excluding hydrogens is 354 g/mol. The monoisotopic (exact) mass is 383 g/mol. The smallest absolute Gasteiger partial charge is 0.321 e. The molecule has 7 heteroatoms. The lowest BCUT2D eigenvalue weighted by Crippen LogP contribution is -2.40. The fourth-order valence-electron chi connectivity index (χ4n) is 4.01. The highest BCUT2D eigenvalue weighted by atomic mass is 16.5. The third-order valence-corrected chi connectivity index (χ3v) is 5.74. The maximum absolute atomic E-state index is 12.6. The highest BCUT2D eigenvalue weighted by molar-refractivity contribution is 5.89. The molecule has 2 aliphatic rings. The van der Waals surface area contributed by atoms with Crippen LogP contribution in [0.15, 0.2) is 24.3 Å². The van der Waals surface area contributed by atoms with E-state index in [9.17, 15) is 4.79 Å². The van der Waals surface area contributed by atoms with Crippen LogP contribution in [-0.2, 0) is 6.42 Å². The van der Waals surface area contributed by atoms with E-state index in [1.54, 1.807) is 0 Å². The number of piperidine rings is 1. The van der Waals surface area contributed by atoms with Crippen LogP contribution in [-0.4, -0.2) is 45.3 Å². The Morgan fingerprint density at radius 3 is 2.54 bits per heavy atom. The molecule has 0 unspecified atom stereocenters. The van der Waals surface area contributed by atoms with Gasteiger partial charge in [-0.05, 0) is 62.8 Å². The molecule has 2 heterocycles. The number of H-pyrrole nitrogens is 1. The van der Waals surface area contributed by atoms with Crippen LogP contribution in [0.2, 0.25) is 0 Å². The number of rotatable bonds is 5. The van der Waals surface area contributed by atoms with Crippen molar-refractivity contribution in [1.29, 1.82) is 0 Å². The normalized spacial score (nSPS) is 18.4. The van der Waals surface area contributed by atoms with Crippen molar-refractivity contribution < 1.29 is 9.53 Å². The van der Waals surface area contributed by atoms with Gasteiger partial charge in [-0.15, -0.1) is 0 Å². The first kappa shape index (κ1) is 18.8. The van der Waals surface area contributed by atoms with Crippen LogP contribution < -0.4 is 10.1 Å². The first-order valence-electron chi connectivity index (χ1n) is 10.4. The SMILES string of the molecule is CCc1nc(C2CCN(C(=O)Nc3ccc(OC4CCCC4)cc3)CC2)n[nH]1. The molecule has 150 valence electrons. The molecule has 0 radical (unpaired) electrons. The zero-order chi connectivity index (χ0) is 19.3. The standard InChI is InChI=1S/C21H29N5O2/c1-2-19-23-20(25-24-19)15-11-13-26(14-12-15)21(27)22-16-7-9-18(10-8-16)28-17-5-3-4-6-17/h7-10,15,17H,2-6,11-14H2,1H3,(H,22,27)(H,23,24,25). The highest BCUT2D eigenvalue weighted by Gasteiger charge is 2.26. The second-order valence-corrected chi connectivity index (χ2v) is 7.73. The van der Waals surface area contributed by atoms with Crippen LogP contribution in [0.4, 0.5) is 10.5 Å². The van der Waals surface area contributed by atoms with Gasteiger partial charge in [-0.2, -0.15) is 5.10 Å². The summed E-state index contributed by atoms with van der Waals surface area (Å²) in [7, 11) is 0. The van der Waals surface area contributed by atoms with Gasteiger partial charge >= 0.3 is 6.03 Å². The molecule has 4 rings (SSSR count). The molecule has 1 aliphatic heterocycles. The molecular formula is C21H29N5O2. The van der Waals surface area contributed by atoms with Gasteiger partial charge in [0.05, 0.1) is 6.10 Å². The molecule has 0 bridgehead atoms. The van der Waals surface area contributed by atoms with Gasteiger partial charge in [-0.3, -0.25) is 5.10 Å². The predicted octanol–water partition coefficient (Wildman–Crippen LogP) is 4.10. The Morgan fingerprint density at radius 1 is 1.18 bits per heavy atom. The number of aromatic amines is 1. The Hall–Kier alpha value is -2.57. The Bertz CT molecular complexity index is 774. The number of carbonyl (C=O) groups is 1. The maximum atomic E-state index is 12.6. The van der Waals surface area contributed by atoms with Gasteiger partial charge in [0.1, 0.15) is 11.6 Å². The molecule has 0 spiro atoms. The first-order chi connectivity index (χ1) is 13.7. The zero-order valence-corrected chi connectivity index (χ0v) is 16.5. The van der Waals surface area contributed by atoms with E-state index < -0.39 is 0 Å². The number of hydrogen-bond acceptors (Lipinski definition) is 4. The van der Waals surface area contributed by atoms with Gasteiger partial charge in [0, 0.05) is 31.1 Å². The molecule has 28 heavy (non-hydrogen) atoms. The minimum atomic E-state index is -0.0489. The van der Waals surface area contributed by atoms with E-state index in [1.165, 1.54) is 12.8 Å². The summed E-state index contributed by atoms with van der Waals surface area (Å²) in [5.74, 6) is 3.02. The molecule has 2 aromatic rings. The van der Waals surface area contributed by atoms with Crippen molar-refractivity contribution in [3.05, 3.63) is 35.9 Å². The number of ether oxygens (including phenoxy) is 1. The highest BCUT2D eigenvalue weighted by Crippen LogP contribution is 2.27. The molecule has 0 atom stereocenters. The lowest BCUT2D eigenvalue weighted by Gasteiger charge is -2.30. The largest absolute Gasteiger partial charge is 0.490 e. The van der Waals surface area contributed by atoms with Crippen LogP contribution >= 0.6 is 0 Å². The minimum Gasteiger partial charge on any atom is -0.490 e. The number of anilines is 1. The number of hydrogen-bond donors (Lipinski definition) is 2. The summed E-state index contributed by atoms with van der Waals surface area (Å²) in [6.45, 7) is 3.50. The number of aryl methyl sites for hydroxylation is 1. The number of urea groups is 1. The maximum Gasteiger partial charge on any atom is 0.321 e. The summed E-state index contributed by atoms with van der Waals surface area (Å²) in [4.78, 5) is 19.0. The molecule has 1 saturated heterocycles. The van der Waals surface area contributed by atoms with E-state index >= 15 is 0 Å². The molecule has 2 amide bonds. The average Bonchev–Trinajstić information content (AvgIpc) is 3.41. The van der Waals surface area contributed by atoms with Gasteiger partial charge < -0.3 is 15.0 Å². The molecule has 2 fully saturated rings. The quantitative estimate of drug-likeness (QED) is 0.814. The van der Waals surface area contributed by atoms with E-state index in [4.69, 9.17) is 4.74 Å². The van der Waals surface area contributed by atoms with E-state index in [1.807, 2.05) is 29.2 Å². The van der Waals surface area contributed by atoms with Crippen molar-refractivity contribution in [2.24, 2.45) is 0 Å². The molecule has 1 saturated carbocycles. The molecule has 2 N–H and O–H groups in total. The first-order valence-corrected chi connectivity index (χ1v) is 10.4. The van der Waals surface area contributed by atoms with Crippen molar-refractivity contribution in [3.8, 4) is 5.75 Å². The third-order valence-electron chi connectivity index (χ3n) is 5.74. The Labute approximate surface area is 165 Å². The lowest BCUT2D eigenvalue weighted by molar-refractivity contribution is 0.193. The van der Waals surface area contributed by atoms with Crippen LogP contribution in [0, 0.1) is 0 Å². The summed E-state index contributed by atoms with van der Waals surface area (Å²) < 4.78 is 5.98. The topological polar surface area (TPSA) is 83.1 Å². The zero-order valence-electron chi connectivity index (χ0n) is 16.5. The fraction of sp³-hybridized carbons (Fsp3) is 0.571. The number of aromatic nitrogens is 3. The Kier molecular flexibility index (Phi) is 5.78. The number of benzene rings is 1. The van der Waals surface area contributed by atoms with Gasteiger partial charge in [-0.25, -0.2) is 9.78 Å². The van der Waals surface area contributed by atoms with E-state index in [2.05, 4.69) is 27.4 Å². The summed E-state index contributed by atoms with van der Waals surface area (Å²) in [5, 5.41) is 10.3. The van der Waals surface area contributed by atoms with Gasteiger partial charge in [0.25, 0.3) is 0 Å². The van der Waals surface area contributed by atoms with Crippen molar-refractivity contribution in [2.75, 3.05) is 18.4 Å². The summed E-state index contributed by atoms with van der Waals surface area (Å²) >= 11 is 0. The number of carbonyl (C=O) groups excluding carboxylic acids is 1. The second kappa shape index (κ2) is 8.63. The molecule has 7 nitrogen and oxygen atoms in total. The molecule has 1 aromatic carbocycles. The Morgan fingerprint density at radius 2 is 1.89 bits per heavy atom. The van der Waals surface area contributed by atoms with Crippen molar-refractivity contribution in [3.63, 3.8) is 0 Å². The van der Waals surface area contributed by atoms with Crippen molar-refractivity contribution in [1.82, 2.24) is 20.1 Å². The van der Waals surface area contributed by atoms with Crippen molar-refractivity contribution >= 4 is 11.7 Å². The van der Waals surface area contributed by atoms with Gasteiger partial charge in [-0.1, -0.05) is 6.92 Å². The number of likely N-dealkylation sites (tertiary alicyclic amines) is 1. The minimum absolute atomic E-state index is 0.0489. The van der Waals surface area contributed by atoms with E-state index in [-0.39, 0.29) is 6.03 Å². The summed E-state index contributed by atoms with van der Waals surface area (Å²) in [6, 6.07) is 7.65.